The number of rotatable bonds is 6. The molecule has 1 aromatic carbocycles. The monoisotopic (exact) mass is 426 g/mol. The fraction of sp³-hybridized carbons (Fsp3) is 0.440. The Hall–Kier alpha value is -1.78. The molecule has 0 amide bonds. The summed E-state index contributed by atoms with van der Waals surface area (Å²) >= 11 is 1.95. The molecule has 2 nitrogen and oxygen atoms in total. The van der Waals surface area contributed by atoms with Gasteiger partial charge in [-0.3, -0.25) is 0 Å². The zero-order chi connectivity index (χ0) is 21.6. The number of hydrogen-bond acceptors (Lipinski definition) is 3. The van der Waals surface area contributed by atoms with Gasteiger partial charge in [-0.15, -0.1) is 11.3 Å². The van der Waals surface area contributed by atoms with E-state index >= 15 is 0 Å². The highest BCUT2D eigenvalue weighted by atomic mass is 32.1. The number of methoxy groups -OCH3 is 1. The Morgan fingerprint density at radius 2 is 1.86 bits per heavy atom. The van der Waals surface area contributed by atoms with Crippen molar-refractivity contribution in [1.82, 2.24) is 0 Å². The van der Waals surface area contributed by atoms with Crippen LogP contribution < -0.4 is 14.7 Å². The quantitative estimate of drug-likeness (QED) is 0.383. The fourth-order valence-electron chi connectivity index (χ4n) is 4.53. The van der Waals surface area contributed by atoms with Crippen LogP contribution in [0.5, 0.6) is 11.5 Å². The smallest absolute Gasteiger partial charge is 0.123 e. The van der Waals surface area contributed by atoms with Crippen LogP contribution in [0.1, 0.15) is 54.1 Å². The maximum Gasteiger partial charge on any atom is 0.123 e. The Morgan fingerprint density at radius 1 is 1.17 bits per heavy atom. The summed E-state index contributed by atoms with van der Waals surface area (Å²) in [6, 6.07) is 6.70. The molecule has 1 aliphatic carbocycles. The second kappa shape index (κ2) is 7.80. The molecule has 1 aromatic heterocycles. The topological polar surface area (TPSA) is 18.5 Å². The van der Waals surface area contributed by atoms with Crippen molar-refractivity contribution in [3.63, 3.8) is 0 Å². The molecule has 1 aliphatic rings. The third-order valence-electron chi connectivity index (χ3n) is 5.88. The number of benzene rings is 1. The van der Waals surface area contributed by atoms with E-state index in [1.807, 2.05) is 17.4 Å². The summed E-state index contributed by atoms with van der Waals surface area (Å²) in [6.07, 6.45) is 4.21. The first kappa shape index (κ1) is 21.9. The summed E-state index contributed by atoms with van der Waals surface area (Å²) < 4.78 is 12.1. The SMILES string of the molecule is C=CCOc1c(C(C)(C)C)cc(OC)cc1[Si](C)(C)C1C(C)=Cc2cc(C)sc21. The minimum atomic E-state index is -2.00. The van der Waals surface area contributed by atoms with Crippen LogP contribution in [0.4, 0.5) is 0 Å². The summed E-state index contributed by atoms with van der Waals surface area (Å²) in [5, 5.41) is 1.33. The van der Waals surface area contributed by atoms with Crippen molar-refractivity contribution >= 4 is 30.7 Å². The standard InChI is InChI=1S/C25H34O2SSi/c1-10-11-27-22-20(25(4,5)6)14-19(26-7)15-21(22)29(8,9)24-16(2)12-18-13-17(3)28-23(18)24/h10,12-15,24H,1,11H2,2-9H3. The van der Waals surface area contributed by atoms with Gasteiger partial charge in [-0.2, -0.15) is 0 Å². The summed E-state index contributed by atoms with van der Waals surface area (Å²) in [7, 11) is -0.241. The summed E-state index contributed by atoms with van der Waals surface area (Å²) in [4.78, 5) is 2.91. The van der Waals surface area contributed by atoms with E-state index in [-0.39, 0.29) is 5.41 Å². The summed E-state index contributed by atoms with van der Waals surface area (Å²) in [5.74, 6) is 1.95. The van der Waals surface area contributed by atoms with Gasteiger partial charge < -0.3 is 9.47 Å². The van der Waals surface area contributed by atoms with Gasteiger partial charge >= 0.3 is 0 Å². The first-order valence-corrected chi connectivity index (χ1v) is 14.1. The summed E-state index contributed by atoms with van der Waals surface area (Å²) in [6.45, 7) is 20.5. The second-order valence-corrected chi connectivity index (χ2v) is 15.5. The third-order valence-corrected chi connectivity index (χ3v) is 11.2. The number of fused-ring (bicyclic) bond motifs is 1. The van der Waals surface area contributed by atoms with E-state index in [1.165, 1.54) is 31.6 Å². The molecule has 3 rings (SSSR count). The van der Waals surface area contributed by atoms with E-state index in [1.54, 1.807) is 7.11 Å². The number of hydrogen-bond donors (Lipinski definition) is 0. The van der Waals surface area contributed by atoms with Gasteiger partial charge in [0.25, 0.3) is 0 Å². The Bertz CT molecular complexity index is 960. The molecule has 1 unspecified atom stereocenters. The lowest BCUT2D eigenvalue weighted by molar-refractivity contribution is 0.351. The van der Waals surface area contributed by atoms with E-state index in [4.69, 9.17) is 9.47 Å². The first-order chi connectivity index (χ1) is 13.5. The molecule has 2 aromatic rings. The number of ether oxygens (including phenoxy) is 2. The minimum Gasteiger partial charge on any atom is -0.497 e. The Labute approximate surface area is 181 Å². The lowest BCUT2D eigenvalue weighted by Crippen LogP contribution is -2.49. The second-order valence-electron chi connectivity index (χ2n) is 9.62. The van der Waals surface area contributed by atoms with E-state index in [0.717, 1.165) is 11.5 Å². The molecular weight excluding hydrogens is 392 g/mol. The van der Waals surface area contributed by atoms with Gasteiger partial charge in [0.2, 0.25) is 0 Å². The molecule has 156 valence electrons. The average molecular weight is 427 g/mol. The van der Waals surface area contributed by atoms with Crippen LogP contribution in [0.15, 0.2) is 36.4 Å². The molecule has 0 bridgehead atoms. The molecule has 1 atom stereocenters. The van der Waals surface area contributed by atoms with Crippen LogP contribution in [-0.2, 0) is 5.41 Å². The molecule has 0 saturated heterocycles. The number of aryl methyl sites for hydroxylation is 1. The van der Waals surface area contributed by atoms with E-state index < -0.39 is 8.07 Å². The zero-order valence-electron chi connectivity index (χ0n) is 19.1. The largest absolute Gasteiger partial charge is 0.497 e. The predicted molar refractivity (Wildman–Crippen MR) is 130 cm³/mol. The average Bonchev–Trinajstić information content (AvgIpc) is 3.12. The molecular formula is C25H34O2SSi. The molecule has 0 spiro atoms. The highest BCUT2D eigenvalue weighted by Gasteiger charge is 2.43. The molecule has 0 fully saturated rings. The molecule has 1 heterocycles. The van der Waals surface area contributed by atoms with Crippen LogP contribution in [0.25, 0.3) is 6.08 Å². The van der Waals surface area contributed by atoms with Crippen LogP contribution >= 0.6 is 11.3 Å². The van der Waals surface area contributed by atoms with Crippen molar-refractivity contribution in [2.75, 3.05) is 13.7 Å². The van der Waals surface area contributed by atoms with Crippen molar-refractivity contribution in [3.8, 4) is 11.5 Å². The van der Waals surface area contributed by atoms with Crippen molar-refractivity contribution in [3.05, 3.63) is 57.3 Å². The predicted octanol–water partition coefficient (Wildman–Crippen LogP) is 6.58. The molecule has 0 aliphatic heterocycles. The number of allylic oxidation sites excluding steroid dienone is 1. The van der Waals surface area contributed by atoms with E-state index in [0.29, 0.717) is 12.1 Å². The maximum atomic E-state index is 6.36. The molecule has 29 heavy (non-hydrogen) atoms. The van der Waals surface area contributed by atoms with Gasteiger partial charge in [0.15, 0.2) is 0 Å². The van der Waals surface area contributed by atoms with Gasteiger partial charge in [-0.1, -0.05) is 58.2 Å². The van der Waals surface area contributed by atoms with Gasteiger partial charge in [0.05, 0.1) is 15.2 Å². The van der Waals surface area contributed by atoms with Crippen molar-refractivity contribution in [1.29, 1.82) is 0 Å². The first-order valence-electron chi connectivity index (χ1n) is 10.3. The van der Waals surface area contributed by atoms with Gasteiger partial charge in [0, 0.05) is 20.9 Å². The molecule has 0 N–H and O–H groups in total. The van der Waals surface area contributed by atoms with Crippen molar-refractivity contribution < 1.29 is 9.47 Å². The lowest BCUT2D eigenvalue weighted by atomic mass is 9.86. The van der Waals surface area contributed by atoms with Crippen LogP contribution in [0.3, 0.4) is 0 Å². The van der Waals surface area contributed by atoms with Gasteiger partial charge in [0.1, 0.15) is 18.1 Å². The molecule has 0 saturated carbocycles. The summed E-state index contributed by atoms with van der Waals surface area (Å²) in [5.41, 5.74) is 4.50. The van der Waals surface area contributed by atoms with Crippen LogP contribution in [0, 0.1) is 6.92 Å². The van der Waals surface area contributed by atoms with E-state index in [2.05, 4.69) is 78.6 Å². The van der Waals surface area contributed by atoms with E-state index in [9.17, 15) is 0 Å². The van der Waals surface area contributed by atoms with Crippen LogP contribution in [0.2, 0.25) is 13.1 Å². The highest BCUT2D eigenvalue weighted by molar-refractivity contribution is 7.13. The van der Waals surface area contributed by atoms with Crippen molar-refractivity contribution in [2.24, 2.45) is 0 Å². The molecule has 4 heteroatoms. The lowest BCUT2D eigenvalue weighted by Gasteiger charge is -2.35. The maximum absolute atomic E-state index is 6.36. The Morgan fingerprint density at radius 3 is 2.45 bits per heavy atom. The Kier molecular flexibility index (Phi) is 5.90. The zero-order valence-corrected chi connectivity index (χ0v) is 20.9. The van der Waals surface area contributed by atoms with Crippen molar-refractivity contribution in [2.45, 2.75) is 58.7 Å². The fourth-order valence-corrected chi connectivity index (χ4v) is 10.3. The van der Waals surface area contributed by atoms with Gasteiger partial charge in [-0.05, 0) is 48.2 Å². The minimum absolute atomic E-state index is 0.0461. The van der Waals surface area contributed by atoms with Gasteiger partial charge in [-0.25, -0.2) is 0 Å². The third kappa shape index (κ3) is 3.97. The highest BCUT2D eigenvalue weighted by Crippen LogP contribution is 2.47. The molecule has 0 radical (unpaired) electrons. The normalized spacial score (nSPS) is 16.4. The Balaban J connectivity index is 2.25. The van der Waals surface area contributed by atoms with Crippen LogP contribution in [-0.4, -0.2) is 21.8 Å². The number of thiophene rings is 1.